The first-order valence-electron chi connectivity index (χ1n) is 7.34. The number of hydrogen-bond acceptors (Lipinski definition) is 5. The minimum absolute atomic E-state index is 0.0115. The predicted octanol–water partition coefficient (Wildman–Crippen LogP) is 2.75. The van der Waals surface area contributed by atoms with Gasteiger partial charge in [-0.05, 0) is 42.5 Å². The molecule has 11 heteroatoms. The van der Waals surface area contributed by atoms with Gasteiger partial charge in [-0.25, -0.2) is 8.42 Å². The first-order chi connectivity index (χ1) is 12.6. The summed E-state index contributed by atoms with van der Waals surface area (Å²) in [6, 6.07) is 7.77. The van der Waals surface area contributed by atoms with Gasteiger partial charge in [0.1, 0.15) is 11.5 Å². The molecule has 0 saturated carbocycles. The average molecular weight is 404 g/mol. The van der Waals surface area contributed by atoms with E-state index in [9.17, 15) is 26.4 Å². The summed E-state index contributed by atoms with van der Waals surface area (Å²) in [5.41, 5.74) is -0.0109. The van der Waals surface area contributed by atoms with Crippen molar-refractivity contribution in [1.82, 2.24) is 5.32 Å². The van der Waals surface area contributed by atoms with Crippen molar-refractivity contribution < 1.29 is 35.9 Å². The van der Waals surface area contributed by atoms with Gasteiger partial charge in [-0.3, -0.25) is 9.52 Å². The second-order valence-corrected chi connectivity index (χ2v) is 6.80. The van der Waals surface area contributed by atoms with Crippen LogP contribution in [0.1, 0.15) is 10.4 Å². The maximum absolute atomic E-state index is 12.5. The number of amides is 1. The number of carbonyl (C=O) groups excluding carboxylic acids is 1. The molecule has 0 bridgehead atoms. The topological polar surface area (TPSA) is 93.7 Å². The molecule has 2 N–H and O–H groups in total. The molecule has 0 saturated heterocycles. The lowest BCUT2D eigenvalue weighted by atomic mass is 10.1. The number of nitrogens with one attached hydrogen (secondary N) is 2. The standard InChI is InChI=1S/C16H15F3N2O5S/c1-20-15(22)13-9-11(25-2)5-8-14(13)21-27(23,24)12-6-3-10(4-7-12)26-16(17,18)19/h3-9,21H,1-2H3,(H,20,22). The maximum Gasteiger partial charge on any atom is 0.573 e. The van der Waals surface area contributed by atoms with Crippen LogP contribution in [0.25, 0.3) is 0 Å². The number of sulfonamides is 1. The average Bonchev–Trinajstić information content (AvgIpc) is 2.60. The van der Waals surface area contributed by atoms with E-state index in [2.05, 4.69) is 14.8 Å². The highest BCUT2D eigenvalue weighted by molar-refractivity contribution is 7.92. The Morgan fingerprint density at radius 3 is 2.15 bits per heavy atom. The molecule has 0 aliphatic rings. The first kappa shape index (κ1) is 20.4. The molecule has 0 aliphatic carbocycles. The minimum atomic E-state index is -4.88. The number of alkyl halides is 3. The van der Waals surface area contributed by atoms with Gasteiger partial charge in [0.25, 0.3) is 15.9 Å². The SMILES string of the molecule is CNC(=O)c1cc(OC)ccc1NS(=O)(=O)c1ccc(OC(F)(F)F)cc1. The van der Waals surface area contributed by atoms with Gasteiger partial charge in [-0.2, -0.15) is 0 Å². The Bertz CT molecular complexity index is 928. The molecule has 0 aromatic heterocycles. The second-order valence-electron chi connectivity index (χ2n) is 5.12. The fourth-order valence-corrected chi connectivity index (χ4v) is 3.17. The predicted molar refractivity (Wildman–Crippen MR) is 90.3 cm³/mol. The van der Waals surface area contributed by atoms with Crippen LogP contribution < -0.4 is 19.5 Å². The van der Waals surface area contributed by atoms with E-state index >= 15 is 0 Å². The summed E-state index contributed by atoms with van der Waals surface area (Å²) in [5.74, 6) is -0.775. The van der Waals surface area contributed by atoms with Crippen LogP contribution in [0.2, 0.25) is 0 Å². The molecule has 0 unspecified atom stereocenters. The van der Waals surface area contributed by atoms with Crippen LogP contribution in [0.5, 0.6) is 11.5 Å². The molecule has 7 nitrogen and oxygen atoms in total. The fraction of sp³-hybridized carbons (Fsp3) is 0.188. The fourth-order valence-electron chi connectivity index (χ4n) is 2.09. The van der Waals surface area contributed by atoms with Crippen LogP contribution in [0, 0.1) is 0 Å². The molecule has 0 fully saturated rings. The molecule has 1 amide bonds. The normalized spacial score (nSPS) is 11.6. The Kier molecular flexibility index (Phi) is 5.84. The van der Waals surface area contributed by atoms with Crippen LogP contribution in [0.15, 0.2) is 47.4 Å². The van der Waals surface area contributed by atoms with Crippen molar-refractivity contribution in [3.05, 3.63) is 48.0 Å². The van der Waals surface area contributed by atoms with Gasteiger partial charge in [0.2, 0.25) is 0 Å². The Hall–Kier alpha value is -2.95. The Labute approximate surface area is 153 Å². The van der Waals surface area contributed by atoms with Crippen molar-refractivity contribution in [3.63, 3.8) is 0 Å². The third kappa shape index (κ3) is 5.26. The van der Waals surface area contributed by atoms with Crippen LogP contribution in [-0.2, 0) is 10.0 Å². The van der Waals surface area contributed by atoms with E-state index in [1.807, 2.05) is 0 Å². The smallest absolute Gasteiger partial charge is 0.497 e. The lowest BCUT2D eigenvalue weighted by molar-refractivity contribution is -0.274. The molecule has 0 atom stereocenters. The van der Waals surface area contributed by atoms with Gasteiger partial charge in [0, 0.05) is 7.05 Å². The monoisotopic (exact) mass is 404 g/mol. The molecule has 2 rings (SSSR count). The molecule has 2 aromatic rings. The van der Waals surface area contributed by atoms with E-state index in [0.29, 0.717) is 5.75 Å². The molecular weight excluding hydrogens is 389 g/mol. The van der Waals surface area contributed by atoms with Crippen molar-refractivity contribution in [2.24, 2.45) is 0 Å². The lowest BCUT2D eigenvalue weighted by Gasteiger charge is -2.14. The van der Waals surface area contributed by atoms with Crippen LogP contribution in [0.4, 0.5) is 18.9 Å². The zero-order valence-electron chi connectivity index (χ0n) is 14.1. The summed E-state index contributed by atoms with van der Waals surface area (Å²) >= 11 is 0. The van der Waals surface area contributed by atoms with Crippen molar-refractivity contribution >= 4 is 21.6 Å². The van der Waals surface area contributed by atoms with Crippen LogP contribution in [-0.4, -0.2) is 34.8 Å². The number of anilines is 1. The summed E-state index contributed by atoms with van der Waals surface area (Å²) in [7, 11) is -1.40. The van der Waals surface area contributed by atoms with Gasteiger partial charge in [0.15, 0.2) is 0 Å². The number of hydrogen-bond donors (Lipinski definition) is 2. The Morgan fingerprint density at radius 1 is 1.04 bits per heavy atom. The molecule has 0 radical (unpaired) electrons. The minimum Gasteiger partial charge on any atom is -0.497 e. The number of benzene rings is 2. The number of methoxy groups -OCH3 is 1. The highest BCUT2D eigenvalue weighted by Crippen LogP contribution is 2.27. The van der Waals surface area contributed by atoms with Gasteiger partial charge in [-0.1, -0.05) is 0 Å². The highest BCUT2D eigenvalue weighted by Gasteiger charge is 2.31. The first-order valence-corrected chi connectivity index (χ1v) is 8.83. The number of rotatable bonds is 6. The van der Waals surface area contributed by atoms with Gasteiger partial charge < -0.3 is 14.8 Å². The Balaban J connectivity index is 2.32. The zero-order chi connectivity index (χ0) is 20.2. The molecule has 146 valence electrons. The highest BCUT2D eigenvalue weighted by atomic mass is 32.2. The molecule has 27 heavy (non-hydrogen) atoms. The third-order valence-corrected chi connectivity index (χ3v) is 4.69. The van der Waals surface area contributed by atoms with Crippen molar-refractivity contribution in [2.45, 2.75) is 11.3 Å². The summed E-state index contributed by atoms with van der Waals surface area (Å²) in [6.45, 7) is 0. The van der Waals surface area contributed by atoms with E-state index in [1.165, 1.54) is 32.4 Å². The van der Waals surface area contributed by atoms with Crippen LogP contribution >= 0.6 is 0 Å². The van der Waals surface area contributed by atoms with Gasteiger partial charge >= 0.3 is 6.36 Å². The van der Waals surface area contributed by atoms with Gasteiger partial charge in [-0.15, -0.1) is 13.2 Å². The van der Waals surface area contributed by atoms with Crippen LogP contribution in [0.3, 0.4) is 0 Å². The maximum atomic E-state index is 12.5. The Morgan fingerprint density at radius 2 is 1.63 bits per heavy atom. The molecular formula is C16H15F3N2O5S. The van der Waals surface area contributed by atoms with E-state index in [4.69, 9.17) is 4.74 Å². The van der Waals surface area contributed by atoms with E-state index in [-0.39, 0.29) is 16.1 Å². The van der Waals surface area contributed by atoms with E-state index in [1.54, 1.807) is 0 Å². The van der Waals surface area contributed by atoms with E-state index in [0.717, 1.165) is 24.3 Å². The summed E-state index contributed by atoms with van der Waals surface area (Å²) in [5, 5.41) is 2.38. The molecule has 0 spiro atoms. The molecule has 0 aliphatic heterocycles. The molecule has 0 heterocycles. The summed E-state index contributed by atoms with van der Waals surface area (Å²) < 4.78 is 72.4. The number of ether oxygens (including phenoxy) is 2. The largest absolute Gasteiger partial charge is 0.573 e. The van der Waals surface area contributed by atoms with Crippen molar-refractivity contribution in [3.8, 4) is 11.5 Å². The summed E-state index contributed by atoms with van der Waals surface area (Å²) in [4.78, 5) is 11.7. The van der Waals surface area contributed by atoms with Gasteiger partial charge in [0.05, 0.1) is 23.3 Å². The second kappa shape index (κ2) is 7.74. The van der Waals surface area contributed by atoms with Crippen molar-refractivity contribution in [2.75, 3.05) is 18.9 Å². The number of halogens is 3. The zero-order valence-corrected chi connectivity index (χ0v) is 14.9. The van der Waals surface area contributed by atoms with Crippen molar-refractivity contribution in [1.29, 1.82) is 0 Å². The third-order valence-electron chi connectivity index (χ3n) is 3.31. The summed E-state index contributed by atoms with van der Waals surface area (Å²) in [6.07, 6.45) is -4.88. The number of carbonyl (C=O) groups is 1. The quantitative estimate of drug-likeness (QED) is 0.772. The molecule has 2 aromatic carbocycles. The lowest BCUT2D eigenvalue weighted by Crippen LogP contribution is -2.22. The van der Waals surface area contributed by atoms with E-state index < -0.39 is 28.0 Å².